The monoisotopic (exact) mass is 530 g/mol. The minimum absolute atomic E-state index is 0.0931. The maximum Gasteiger partial charge on any atom is 0.309 e. The number of rotatable bonds is 10. The van der Waals surface area contributed by atoms with E-state index in [0.29, 0.717) is 12.5 Å². The van der Waals surface area contributed by atoms with Crippen LogP contribution < -0.4 is 4.90 Å². The predicted molar refractivity (Wildman–Crippen MR) is 159 cm³/mol. The topological polar surface area (TPSA) is 49.9 Å². The summed E-state index contributed by atoms with van der Waals surface area (Å²) < 4.78 is 5.58. The average Bonchev–Trinajstić information content (AvgIpc) is 3.20. The number of benzene rings is 2. The van der Waals surface area contributed by atoms with Crippen LogP contribution in [0.5, 0.6) is 0 Å². The first-order valence-electron chi connectivity index (χ1n) is 15.0. The highest BCUT2D eigenvalue weighted by atomic mass is 16.5. The standard InChI is InChI=1S/C34H46N2O3/c1-6-21-35(8-3)33(37)26-19-20-30-29(23-26)31-27(24(5)34(38)39-22-7-2)17-13-14-18-28(31)32(36(30)9-4)25-15-11-10-12-16-25/h7,10-12,15-16,19-20,23-24,27-28,31-32H,2,6,8-9,13-14,17-18,21-22H2,1,3-5H3/t24?,27?,28-,31+,32?/m1/s1. The van der Waals surface area contributed by atoms with Gasteiger partial charge < -0.3 is 14.5 Å². The SMILES string of the molecule is C=CCOC(=O)C(C)C1CCCC[C@H]2C(c3ccccc3)N(CC)c3ccc(C(=O)N(CC)CCC)cc3[C@@H]12. The van der Waals surface area contributed by atoms with Gasteiger partial charge in [0.15, 0.2) is 0 Å². The fraction of sp³-hybridized carbons (Fsp3) is 0.529. The van der Waals surface area contributed by atoms with E-state index in [1.54, 1.807) is 6.08 Å². The van der Waals surface area contributed by atoms with Crippen LogP contribution in [0.25, 0.3) is 0 Å². The van der Waals surface area contributed by atoms with E-state index < -0.39 is 0 Å². The number of esters is 1. The van der Waals surface area contributed by atoms with Crippen molar-refractivity contribution in [3.05, 3.63) is 77.9 Å². The molecule has 2 aliphatic rings. The van der Waals surface area contributed by atoms with Crippen LogP contribution in [0, 0.1) is 17.8 Å². The van der Waals surface area contributed by atoms with Gasteiger partial charge in [0, 0.05) is 30.9 Å². The zero-order valence-electron chi connectivity index (χ0n) is 24.3. The summed E-state index contributed by atoms with van der Waals surface area (Å²) in [4.78, 5) is 31.3. The van der Waals surface area contributed by atoms with Gasteiger partial charge in [0.1, 0.15) is 6.61 Å². The van der Waals surface area contributed by atoms with E-state index in [1.165, 1.54) is 16.8 Å². The summed E-state index contributed by atoms with van der Waals surface area (Å²) >= 11 is 0. The van der Waals surface area contributed by atoms with Crippen molar-refractivity contribution >= 4 is 17.6 Å². The molecule has 5 atom stereocenters. The lowest BCUT2D eigenvalue weighted by atomic mass is 9.65. The second-order valence-electron chi connectivity index (χ2n) is 11.1. The molecule has 1 fully saturated rings. The van der Waals surface area contributed by atoms with Crippen molar-refractivity contribution in [2.45, 2.75) is 71.8 Å². The molecule has 5 nitrogen and oxygen atoms in total. The molecule has 39 heavy (non-hydrogen) atoms. The lowest BCUT2D eigenvalue weighted by Crippen LogP contribution is -2.44. The number of hydrogen-bond acceptors (Lipinski definition) is 4. The molecule has 5 heteroatoms. The zero-order chi connectivity index (χ0) is 27.9. The van der Waals surface area contributed by atoms with Crippen LogP contribution in [-0.2, 0) is 9.53 Å². The normalized spacial score (nSPS) is 23.1. The number of anilines is 1. The third kappa shape index (κ3) is 5.92. The molecule has 1 aliphatic carbocycles. The highest BCUT2D eigenvalue weighted by molar-refractivity contribution is 5.95. The number of fused-ring (bicyclic) bond motifs is 3. The summed E-state index contributed by atoms with van der Waals surface area (Å²) in [6, 6.07) is 17.4. The second kappa shape index (κ2) is 13.3. The van der Waals surface area contributed by atoms with Crippen LogP contribution in [0.3, 0.4) is 0 Å². The lowest BCUT2D eigenvalue weighted by Gasteiger charge is -2.50. The molecule has 1 aliphatic heterocycles. The minimum Gasteiger partial charge on any atom is -0.461 e. The summed E-state index contributed by atoms with van der Waals surface area (Å²) in [5, 5.41) is 0. The Morgan fingerprint density at radius 3 is 2.51 bits per heavy atom. The number of carbonyl (C=O) groups is 2. The quantitative estimate of drug-likeness (QED) is 0.237. The molecule has 3 unspecified atom stereocenters. The number of ether oxygens (including phenoxy) is 1. The predicted octanol–water partition coefficient (Wildman–Crippen LogP) is 7.40. The number of nitrogens with zero attached hydrogens (tertiary/aromatic N) is 2. The lowest BCUT2D eigenvalue weighted by molar-refractivity contribution is -0.149. The third-order valence-corrected chi connectivity index (χ3v) is 8.93. The Balaban J connectivity index is 1.87. The highest BCUT2D eigenvalue weighted by Crippen LogP contribution is 2.56. The molecule has 0 saturated heterocycles. The first-order chi connectivity index (χ1) is 19.0. The van der Waals surface area contributed by atoms with Gasteiger partial charge in [0.2, 0.25) is 0 Å². The molecule has 210 valence electrons. The number of amides is 1. The minimum atomic E-state index is -0.236. The molecule has 1 saturated carbocycles. The molecule has 2 aromatic rings. The van der Waals surface area contributed by atoms with Gasteiger partial charge in [0.05, 0.1) is 12.0 Å². The van der Waals surface area contributed by atoms with E-state index >= 15 is 0 Å². The van der Waals surface area contributed by atoms with Crippen molar-refractivity contribution in [2.24, 2.45) is 17.8 Å². The van der Waals surface area contributed by atoms with Crippen molar-refractivity contribution in [2.75, 3.05) is 31.1 Å². The molecule has 0 N–H and O–H groups in total. The molecule has 4 rings (SSSR count). The average molecular weight is 531 g/mol. The molecule has 0 radical (unpaired) electrons. The summed E-state index contributed by atoms with van der Waals surface area (Å²) in [6.07, 6.45) is 6.88. The molecular formula is C34H46N2O3. The largest absolute Gasteiger partial charge is 0.461 e. The molecule has 1 amide bonds. The Morgan fingerprint density at radius 2 is 1.85 bits per heavy atom. The van der Waals surface area contributed by atoms with Crippen LogP contribution in [0.4, 0.5) is 5.69 Å². The fourth-order valence-electron chi connectivity index (χ4n) is 7.16. The molecule has 0 bridgehead atoms. The van der Waals surface area contributed by atoms with Gasteiger partial charge >= 0.3 is 5.97 Å². The van der Waals surface area contributed by atoms with E-state index in [0.717, 1.165) is 50.8 Å². The van der Waals surface area contributed by atoms with Crippen molar-refractivity contribution in [3.8, 4) is 0 Å². The smallest absolute Gasteiger partial charge is 0.309 e. The van der Waals surface area contributed by atoms with Gasteiger partial charge in [-0.25, -0.2) is 0 Å². The maximum absolute atomic E-state index is 13.6. The Bertz CT molecular complexity index is 1130. The van der Waals surface area contributed by atoms with E-state index in [4.69, 9.17) is 4.74 Å². The van der Waals surface area contributed by atoms with E-state index in [1.807, 2.05) is 24.8 Å². The molecule has 0 aromatic heterocycles. The van der Waals surface area contributed by atoms with Crippen LogP contribution in [-0.4, -0.2) is 43.0 Å². The molecule has 1 heterocycles. The van der Waals surface area contributed by atoms with Gasteiger partial charge in [-0.15, -0.1) is 0 Å². The van der Waals surface area contributed by atoms with Crippen molar-refractivity contribution < 1.29 is 14.3 Å². The van der Waals surface area contributed by atoms with E-state index in [9.17, 15) is 9.59 Å². The van der Waals surface area contributed by atoms with Crippen LogP contribution in [0.2, 0.25) is 0 Å². The molecular weight excluding hydrogens is 484 g/mol. The second-order valence-corrected chi connectivity index (χ2v) is 11.1. The third-order valence-electron chi connectivity index (χ3n) is 8.93. The van der Waals surface area contributed by atoms with Gasteiger partial charge in [-0.1, -0.05) is 69.7 Å². The van der Waals surface area contributed by atoms with Crippen molar-refractivity contribution in [3.63, 3.8) is 0 Å². The molecule has 2 aromatic carbocycles. The highest BCUT2D eigenvalue weighted by Gasteiger charge is 2.47. The van der Waals surface area contributed by atoms with Gasteiger partial charge in [-0.2, -0.15) is 0 Å². The zero-order valence-corrected chi connectivity index (χ0v) is 24.3. The maximum atomic E-state index is 13.6. The Labute approximate surface area is 235 Å². The van der Waals surface area contributed by atoms with E-state index in [-0.39, 0.29) is 42.3 Å². The molecule has 0 spiro atoms. The van der Waals surface area contributed by atoms with Gasteiger partial charge in [-0.3, -0.25) is 9.59 Å². The van der Waals surface area contributed by atoms with Crippen LogP contribution in [0.1, 0.15) is 93.2 Å². The van der Waals surface area contributed by atoms with Gasteiger partial charge in [0.25, 0.3) is 5.91 Å². The number of hydrogen-bond donors (Lipinski definition) is 0. The Kier molecular flexibility index (Phi) is 9.88. The van der Waals surface area contributed by atoms with Crippen molar-refractivity contribution in [1.29, 1.82) is 0 Å². The summed E-state index contributed by atoms with van der Waals surface area (Å²) in [5.41, 5.74) is 4.49. The fourth-order valence-corrected chi connectivity index (χ4v) is 7.16. The first-order valence-corrected chi connectivity index (χ1v) is 15.0. The first kappa shape index (κ1) is 28.9. The Morgan fingerprint density at radius 1 is 1.10 bits per heavy atom. The van der Waals surface area contributed by atoms with E-state index in [2.05, 4.69) is 67.8 Å². The van der Waals surface area contributed by atoms with Crippen LogP contribution in [0.15, 0.2) is 61.2 Å². The summed E-state index contributed by atoms with van der Waals surface area (Å²) in [7, 11) is 0. The van der Waals surface area contributed by atoms with Crippen LogP contribution >= 0.6 is 0 Å². The summed E-state index contributed by atoms with van der Waals surface area (Å²) in [6.45, 7) is 14.7. The summed E-state index contributed by atoms with van der Waals surface area (Å²) in [5.74, 6) is 0.349. The van der Waals surface area contributed by atoms with Crippen molar-refractivity contribution in [1.82, 2.24) is 4.90 Å². The Hall–Kier alpha value is -3.08. The van der Waals surface area contributed by atoms with Gasteiger partial charge in [-0.05, 0) is 80.2 Å². The number of carbonyl (C=O) groups excluding carboxylic acids is 2.